The molecule has 4 heteroatoms. The molecule has 1 aromatic carbocycles. The van der Waals surface area contributed by atoms with E-state index in [1.807, 2.05) is 24.4 Å². The first kappa shape index (κ1) is 14.3. The number of hydrogen-bond acceptors (Lipinski definition) is 3. The molecule has 1 fully saturated rings. The standard InChI is InChI=1S/C17H23N3O/c1-2-5-15(6-3-1)17-16(12-19-20-17)11-18-9-4-10-21-13-14-7-8-14/h1-3,5-6,12,14,18H,4,7-11,13H2,(H,19,20). The molecule has 4 nitrogen and oxygen atoms in total. The zero-order valence-corrected chi connectivity index (χ0v) is 12.3. The van der Waals surface area contributed by atoms with Gasteiger partial charge in [-0.3, -0.25) is 5.10 Å². The second-order valence-corrected chi connectivity index (χ2v) is 5.68. The highest BCUT2D eigenvalue weighted by Gasteiger charge is 2.20. The Kier molecular flexibility index (Phi) is 5.03. The number of hydrogen-bond donors (Lipinski definition) is 2. The molecular weight excluding hydrogens is 262 g/mol. The number of ether oxygens (including phenoxy) is 1. The van der Waals surface area contributed by atoms with Crippen molar-refractivity contribution in [3.05, 3.63) is 42.1 Å². The lowest BCUT2D eigenvalue weighted by Gasteiger charge is -2.06. The first-order valence-electron chi connectivity index (χ1n) is 7.79. The van der Waals surface area contributed by atoms with Gasteiger partial charge in [0.2, 0.25) is 0 Å². The molecule has 0 atom stereocenters. The van der Waals surface area contributed by atoms with Crippen LogP contribution in [0.2, 0.25) is 0 Å². The summed E-state index contributed by atoms with van der Waals surface area (Å²) in [5.41, 5.74) is 3.49. The summed E-state index contributed by atoms with van der Waals surface area (Å²) in [5.74, 6) is 0.859. The third kappa shape index (κ3) is 4.41. The van der Waals surface area contributed by atoms with Gasteiger partial charge in [0.1, 0.15) is 0 Å². The first-order chi connectivity index (χ1) is 10.4. The second kappa shape index (κ2) is 7.38. The Balaban J connectivity index is 1.38. The van der Waals surface area contributed by atoms with Crippen LogP contribution in [0, 0.1) is 5.92 Å². The van der Waals surface area contributed by atoms with E-state index in [1.165, 1.54) is 24.0 Å². The molecule has 21 heavy (non-hydrogen) atoms. The molecule has 0 spiro atoms. The average molecular weight is 285 g/mol. The summed E-state index contributed by atoms with van der Waals surface area (Å²) < 4.78 is 5.63. The highest BCUT2D eigenvalue weighted by molar-refractivity contribution is 5.62. The van der Waals surface area contributed by atoms with E-state index >= 15 is 0 Å². The maximum atomic E-state index is 5.63. The number of nitrogens with one attached hydrogen (secondary N) is 2. The smallest absolute Gasteiger partial charge is 0.0695 e. The quantitative estimate of drug-likeness (QED) is 0.696. The number of H-pyrrole nitrogens is 1. The van der Waals surface area contributed by atoms with Gasteiger partial charge in [-0.05, 0) is 37.3 Å². The molecule has 0 unspecified atom stereocenters. The Labute approximate surface area is 125 Å². The van der Waals surface area contributed by atoms with Gasteiger partial charge in [-0.2, -0.15) is 5.10 Å². The topological polar surface area (TPSA) is 49.9 Å². The van der Waals surface area contributed by atoms with E-state index in [9.17, 15) is 0 Å². The molecule has 0 amide bonds. The van der Waals surface area contributed by atoms with Crippen molar-refractivity contribution in [2.75, 3.05) is 19.8 Å². The van der Waals surface area contributed by atoms with Crippen molar-refractivity contribution in [3.8, 4) is 11.3 Å². The van der Waals surface area contributed by atoms with Crippen molar-refractivity contribution in [2.45, 2.75) is 25.8 Å². The van der Waals surface area contributed by atoms with Gasteiger partial charge in [-0.1, -0.05) is 30.3 Å². The average Bonchev–Trinajstić information content (AvgIpc) is 3.23. The van der Waals surface area contributed by atoms with Crippen molar-refractivity contribution in [2.24, 2.45) is 5.92 Å². The molecule has 2 aromatic rings. The lowest BCUT2D eigenvalue weighted by atomic mass is 10.1. The van der Waals surface area contributed by atoms with E-state index in [0.717, 1.165) is 44.3 Å². The van der Waals surface area contributed by atoms with Crippen LogP contribution in [-0.2, 0) is 11.3 Å². The maximum Gasteiger partial charge on any atom is 0.0695 e. The molecule has 112 valence electrons. The molecule has 1 aromatic heterocycles. The minimum atomic E-state index is 0.837. The van der Waals surface area contributed by atoms with Gasteiger partial charge in [-0.25, -0.2) is 0 Å². The van der Waals surface area contributed by atoms with E-state index in [2.05, 4.69) is 27.6 Å². The molecule has 1 saturated carbocycles. The van der Waals surface area contributed by atoms with Crippen LogP contribution in [0.4, 0.5) is 0 Å². The molecule has 0 saturated heterocycles. The zero-order valence-electron chi connectivity index (χ0n) is 12.3. The first-order valence-corrected chi connectivity index (χ1v) is 7.79. The van der Waals surface area contributed by atoms with Gasteiger partial charge in [0.25, 0.3) is 0 Å². The van der Waals surface area contributed by atoms with Crippen LogP contribution in [0.15, 0.2) is 36.5 Å². The highest BCUT2D eigenvalue weighted by atomic mass is 16.5. The van der Waals surface area contributed by atoms with E-state index < -0.39 is 0 Å². The molecule has 1 heterocycles. The SMILES string of the molecule is c1ccc(-c2[nH]ncc2CNCCCOCC2CC2)cc1. The summed E-state index contributed by atoms with van der Waals surface area (Å²) in [6.07, 6.45) is 5.69. The van der Waals surface area contributed by atoms with Crippen molar-refractivity contribution in [3.63, 3.8) is 0 Å². The number of aromatic nitrogens is 2. The van der Waals surface area contributed by atoms with Gasteiger partial charge in [-0.15, -0.1) is 0 Å². The summed E-state index contributed by atoms with van der Waals surface area (Å²) in [5, 5.41) is 10.7. The minimum Gasteiger partial charge on any atom is -0.381 e. The molecule has 2 N–H and O–H groups in total. The lowest BCUT2D eigenvalue weighted by molar-refractivity contribution is 0.122. The minimum absolute atomic E-state index is 0.837. The Morgan fingerprint density at radius 3 is 2.90 bits per heavy atom. The van der Waals surface area contributed by atoms with E-state index in [4.69, 9.17) is 4.74 Å². The molecular formula is C17H23N3O. The van der Waals surface area contributed by atoms with Gasteiger partial charge >= 0.3 is 0 Å². The Bertz CT molecular complexity index is 534. The Morgan fingerprint density at radius 2 is 2.10 bits per heavy atom. The van der Waals surface area contributed by atoms with Crippen molar-refractivity contribution >= 4 is 0 Å². The second-order valence-electron chi connectivity index (χ2n) is 5.68. The predicted molar refractivity (Wildman–Crippen MR) is 83.9 cm³/mol. The molecule has 3 rings (SSSR count). The molecule has 1 aliphatic carbocycles. The molecule has 0 bridgehead atoms. The third-order valence-electron chi connectivity index (χ3n) is 3.79. The number of benzene rings is 1. The van der Waals surface area contributed by atoms with E-state index in [-0.39, 0.29) is 0 Å². The van der Waals surface area contributed by atoms with Crippen molar-refractivity contribution in [1.29, 1.82) is 0 Å². The van der Waals surface area contributed by atoms with Gasteiger partial charge in [0.15, 0.2) is 0 Å². The normalized spacial score (nSPS) is 14.5. The maximum absolute atomic E-state index is 5.63. The summed E-state index contributed by atoms with van der Waals surface area (Å²) >= 11 is 0. The zero-order chi connectivity index (χ0) is 14.3. The summed E-state index contributed by atoms with van der Waals surface area (Å²) in [4.78, 5) is 0. The van der Waals surface area contributed by atoms with Crippen LogP contribution in [0.3, 0.4) is 0 Å². The molecule has 0 radical (unpaired) electrons. The third-order valence-corrected chi connectivity index (χ3v) is 3.79. The van der Waals surface area contributed by atoms with Gasteiger partial charge in [0, 0.05) is 25.3 Å². The van der Waals surface area contributed by atoms with Crippen molar-refractivity contribution < 1.29 is 4.74 Å². The summed E-state index contributed by atoms with van der Waals surface area (Å²) in [6.45, 7) is 3.63. The number of rotatable bonds is 9. The number of nitrogens with zero attached hydrogens (tertiary/aromatic N) is 1. The van der Waals surface area contributed by atoms with Crippen LogP contribution in [0.5, 0.6) is 0 Å². The highest BCUT2D eigenvalue weighted by Crippen LogP contribution is 2.28. The van der Waals surface area contributed by atoms with Crippen LogP contribution >= 0.6 is 0 Å². The summed E-state index contributed by atoms with van der Waals surface area (Å²) in [7, 11) is 0. The summed E-state index contributed by atoms with van der Waals surface area (Å²) in [6, 6.07) is 10.3. The monoisotopic (exact) mass is 285 g/mol. The van der Waals surface area contributed by atoms with E-state index in [0.29, 0.717) is 0 Å². The van der Waals surface area contributed by atoms with Crippen molar-refractivity contribution in [1.82, 2.24) is 15.5 Å². The Hall–Kier alpha value is -1.65. The van der Waals surface area contributed by atoms with E-state index in [1.54, 1.807) is 0 Å². The van der Waals surface area contributed by atoms with Gasteiger partial charge < -0.3 is 10.1 Å². The van der Waals surface area contributed by atoms with Crippen LogP contribution in [-0.4, -0.2) is 30.0 Å². The fourth-order valence-electron chi connectivity index (χ4n) is 2.36. The Morgan fingerprint density at radius 1 is 1.24 bits per heavy atom. The predicted octanol–water partition coefficient (Wildman–Crippen LogP) is 2.98. The number of aromatic amines is 1. The van der Waals surface area contributed by atoms with Crippen LogP contribution in [0.25, 0.3) is 11.3 Å². The van der Waals surface area contributed by atoms with Gasteiger partial charge in [0.05, 0.1) is 11.9 Å². The largest absolute Gasteiger partial charge is 0.381 e. The molecule has 0 aliphatic heterocycles. The van der Waals surface area contributed by atoms with Crippen LogP contribution in [0.1, 0.15) is 24.8 Å². The fourth-order valence-corrected chi connectivity index (χ4v) is 2.36. The lowest BCUT2D eigenvalue weighted by Crippen LogP contribution is -2.16. The van der Waals surface area contributed by atoms with Crippen LogP contribution < -0.4 is 5.32 Å². The molecule has 1 aliphatic rings. The fraction of sp³-hybridized carbons (Fsp3) is 0.471.